The van der Waals surface area contributed by atoms with E-state index >= 15 is 0 Å². The molecule has 1 atom stereocenters. The number of hydrogen-bond acceptors (Lipinski definition) is 4. The maximum atomic E-state index is 13.3. The van der Waals surface area contributed by atoms with E-state index in [1.165, 1.54) is 29.6 Å². The minimum Gasteiger partial charge on any atom is -0.468 e. The van der Waals surface area contributed by atoms with Gasteiger partial charge in [0.15, 0.2) is 0 Å². The van der Waals surface area contributed by atoms with Crippen molar-refractivity contribution in [2.24, 2.45) is 0 Å². The second kappa shape index (κ2) is 7.56. The van der Waals surface area contributed by atoms with Gasteiger partial charge >= 0.3 is 5.97 Å². The van der Waals surface area contributed by atoms with E-state index in [1.807, 2.05) is 24.3 Å². The molecule has 0 N–H and O–H groups in total. The van der Waals surface area contributed by atoms with Crippen molar-refractivity contribution in [2.45, 2.75) is 23.8 Å². The summed E-state index contributed by atoms with van der Waals surface area (Å²) in [5, 5.41) is 0.346. The van der Waals surface area contributed by atoms with Gasteiger partial charge < -0.3 is 4.74 Å². The topological polar surface area (TPSA) is 63.7 Å². The maximum Gasteiger partial charge on any atom is 0.321 e. The first-order valence-electron chi connectivity index (χ1n) is 7.96. The Morgan fingerprint density at radius 1 is 1.23 bits per heavy atom. The van der Waals surface area contributed by atoms with Gasteiger partial charge in [0.2, 0.25) is 10.0 Å². The lowest BCUT2D eigenvalue weighted by molar-refractivity contribution is -0.141. The smallest absolute Gasteiger partial charge is 0.321 e. The number of esters is 1. The fraction of sp³-hybridized carbons (Fsp3) is 0.278. The largest absolute Gasteiger partial charge is 0.468 e. The molecule has 0 saturated heterocycles. The number of sulfonamides is 1. The Morgan fingerprint density at radius 2 is 1.96 bits per heavy atom. The van der Waals surface area contributed by atoms with Crippen LogP contribution in [0, 0.1) is 0 Å². The molecule has 0 radical (unpaired) electrons. The van der Waals surface area contributed by atoms with Crippen LogP contribution in [-0.2, 0) is 26.0 Å². The molecule has 5 nitrogen and oxygen atoms in total. The molecule has 1 aliphatic rings. The Labute approximate surface area is 162 Å². The van der Waals surface area contributed by atoms with E-state index in [1.54, 1.807) is 0 Å². The molecule has 2 aromatic rings. The summed E-state index contributed by atoms with van der Waals surface area (Å²) in [6.07, 6.45) is 1.32. The highest BCUT2D eigenvalue weighted by Crippen LogP contribution is 2.39. The van der Waals surface area contributed by atoms with E-state index in [4.69, 9.17) is 27.9 Å². The lowest BCUT2D eigenvalue weighted by atomic mass is 10.1. The van der Waals surface area contributed by atoms with Crippen LogP contribution in [0.15, 0.2) is 47.4 Å². The first-order chi connectivity index (χ1) is 12.3. The van der Waals surface area contributed by atoms with E-state index in [0.717, 1.165) is 17.5 Å². The highest BCUT2D eigenvalue weighted by molar-refractivity contribution is 7.89. The van der Waals surface area contributed by atoms with Gasteiger partial charge in [0.1, 0.15) is 11.4 Å². The fourth-order valence-corrected chi connectivity index (χ4v) is 5.53. The van der Waals surface area contributed by atoms with Crippen molar-refractivity contribution in [2.75, 3.05) is 13.7 Å². The number of fused-ring (bicyclic) bond motifs is 1. The SMILES string of the molecule is COC(=O)CN(C1CCc2ccccc21)S(=O)(=O)c1ccc(Cl)cc1Cl. The molecule has 8 heteroatoms. The van der Waals surface area contributed by atoms with Crippen LogP contribution in [0.5, 0.6) is 0 Å². The Kier molecular flexibility index (Phi) is 5.58. The Bertz CT molecular complexity index is 946. The van der Waals surface area contributed by atoms with Crippen molar-refractivity contribution >= 4 is 39.2 Å². The van der Waals surface area contributed by atoms with Crippen LogP contribution in [-0.4, -0.2) is 32.3 Å². The second-order valence-electron chi connectivity index (χ2n) is 5.95. The Hall–Kier alpha value is -1.60. The van der Waals surface area contributed by atoms with Gasteiger partial charge in [-0.25, -0.2) is 8.42 Å². The van der Waals surface area contributed by atoms with Crippen LogP contribution in [0.25, 0.3) is 0 Å². The molecule has 0 aromatic heterocycles. The molecule has 0 aliphatic heterocycles. The number of methoxy groups -OCH3 is 1. The van der Waals surface area contributed by atoms with Gasteiger partial charge in [-0.1, -0.05) is 47.5 Å². The Morgan fingerprint density at radius 3 is 2.65 bits per heavy atom. The third kappa shape index (κ3) is 3.60. The lowest BCUT2D eigenvalue weighted by Crippen LogP contribution is -2.38. The quantitative estimate of drug-likeness (QED) is 0.698. The van der Waals surface area contributed by atoms with Gasteiger partial charge in [-0.2, -0.15) is 4.31 Å². The van der Waals surface area contributed by atoms with Gasteiger partial charge in [0.05, 0.1) is 18.2 Å². The zero-order valence-electron chi connectivity index (χ0n) is 14.0. The molecule has 1 aliphatic carbocycles. The van der Waals surface area contributed by atoms with Gasteiger partial charge in [-0.15, -0.1) is 0 Å². The van der Waals surface area contributed by atoms with Crippen LogP contribution in [0.1, 0.15) is 23.6 Å². The molecule has 0 spiro atoms. The molecule has 0 amide bonds. The molecule has 1 unspecified atom stereocenters. The minimum absolute atomic E-state index is 0.0126. The first kappa shape index (κ1) is 19.2. The number of rotatable bonds is 5. The zero-order valence-corrected chi connectivity index (χ0v) is 16.3. The average molecular weight is 414 g/mol. The number of aryl methyl sites for hydroxylation is 1. The average Bonchev–Trinajstić information content (AvgIpc) is 3.02. The molecule has 138 valence electrons. The number of carbonyl (C=O) groups excluding carboxylic acids is 1. The van der Waals surface area contributed by atoms with E-state index < -0.39 is 28.6 Å². The maximum absolute atomic E-state index is 13.3. The summed E-state index contributed by atoms with van der Waals surface area (Å²) in [5.41, 5.74) is 1.97. The highest BCUT2D eigenvalue weighted by atomic mass is 35.5. The predicted molar refractivity (Wildman–Crippen MR) is 99.9 cm³/mol. The normalized spacial score (nSPS) is 16.5. The number of halogens is 2. The molecule has 0 saturated carbocycles. The monoisotopic (exact) mass is 413 g/mol. The van der Waals surface area contributed by atoms with E-state index in [-0.39, 0.29) is 9.92 Å². The summed E-state index contributed by atoms with van der Waals surface area (Å²) in [6.45, 7) is -0.392. The molecule has 26 heavy (non-hydrogen) atoms. The summed E-state index contributed by atoms with van der Waals surface area (Å²) in [6, 6.07) is 11.3. The van der Waals surface area contributed by atoms with Crippen molar-refractivity contribution in [1.82, 2.24) is 4.31 Å². The summed E-state index contributed by atoms with van der Waals surface area (Å²) < 4.78 is 32.5. The van der Waals surface area contributed by atoms with Crippen LogP contribution < -0.4 is 0 Å². The molecular weight excluding hydrogens is 397 g/mol. The highest BCUT2D eigenvalue weighted by Gasteiger charge is 2.38. The van der Waals surface area contributed by atoms with Gasteiger partial charge in [-0.3, -0.25) is 4.79 Å². The summed E-state index contributed by atoms with van der Waals surface area (Å²) in [7, 11) is -2.81. The lowest BCUT2D eigenvalue weighted by Gasteiger charge is -2.28. The van der Waals surface area contributed by atoms with Crippen molar-refractivity contribution in [3.05, 3.63) is 63.6 Å². The molecule has 0 heterocycles. The number of nitrogens with zero attached hydrogens (tertiary/aromatic N) is 1. The summed E-state index contributed by atoms with van der Waals surface area (Å²) in [5.74, 6) is -0.636. The van der Waals surface area contributed by atoms with Crippen LogP contribution in [0.3, 0.4) is 0 Å². The van der Waals surface area contributed by atoms with Gasteiger partial charge in [0, 0.05) is 5.02 Å². The minimum atomic E-state index is -4.04. The van der Waals surface area contributed by atoms with E-state index in [9.17, 15) is 13.2 Å². The van der Waals surface area contributed by atoms with Gasteiger partial charge in [-0.05, 0) is 42.2 Å². The molecular formula is C18H17Cl2NO4S. The molecule has 0 bridgehead atoms. The fourth-order valence-electron chi connectivity index (χ4n) is 3.20. The second-order valence-corrected chi connectivity index (χ2v) is 8.66. The standard InChI is InChI=1S/C18H17Cl2NO4S/c1-25-18(22)11-21(16-8-6-12-4-2-3-5-14(12)16)26(23,24)17-9-7-13(19)10-15(17)20/h2-5,7,9-10,16H,6,8,11H2,1H3. The number of carbonyl (C=O) groups is 1. The molecule has 0 fully saturated rings. The van der Waals surface area contributed by atoms with Crippen LogP contribution in [0.4, 0.5) is 0 Å². The molecule has 2 aromatic carbocycles. The predicted octanol–water partition coefficient (Wildman–Crippen LogP) is 3.84. The summed E-state index contributed by atoms with van der Waals surface area (Å²) in [4.78, 5) is 11.8. The van der Waals surface area contributed by atoms with E-state index in [0.29, 0.717) is 11.4 Å². The van der Waals surface area contributed by atoms with Gasteiger partial charge in [0.25, 0.3) is 0 Å². The number of ether oxygens (including phenoxy) is 1. The van der Waals surface area contributed by atoms with Crippen molar-refractivity contribution in [3.8, 4) is 0 Å². The Balaban J connectivity index is 2.08. The third-order valence-electron chi connectivity index (χ3n) is 4.44. The van der Waals surface area contributed by atoms with Crippen molar-refractivity contribution in [3.63, 3.8) is 0 Å². The summed E-state index contributed by atoms with van der Waals surface area (Å²) >= 11 is 12.0. The van der Waals surface area contributed by atoms with Crippen molar-refractivity contribution < 1.29 is 17.9 Å². The number of benzene rings is 2. The van der Waals surface area contributed by atoms with Crippen LogP contribution in [0.2, 0.25) is 10.0 Å². The number of hydrogen-bond donors (Lipinski definition) is 0. The van der Waals surface area contributed by atoms with Crippen molar-refractivity contribution in [1.29, 1.82) is 0 Å². The zero-order chi connectivity index (χ0) is 18.9. The molecule has 3 rings (SSSR count). The third-order valence-corrected chi connectivity index (χ3v) is 7.01. The first-order valence-corrected chi connectivity index (χ1v) is 10.2. The van der Waals surface area contributed by atoms with E-state index in [2.05, 4.69) is 0 Å². The van der Waals surface area contributed by atoms with Crippen LogP contribution >= 0.6 is 23.2 Å².